The predicted molar refractivity (Wildman–Crippen MR) is 236 cm³/mol. The monoisotopic (exact) mass is 709 g/mol. The third-order valence-corrected chi connectivity index (χ3v) is 11.9. The summed E-state index contributed by atoms with van der Waals surface area (Å²) in [4.78, 5) is 2.39. The lowest BCUT2D eigenvalue weighted by Crippen LogP contribution is -2.33. The van der Waals surface area contributed by atoms with E-state index in [-0.39, 0.29) is 10.8 Å². The summed E-state index contributed by atoms with van der Waals surface area (Å²) in [5.41, 5.74) is 16.4. The fourth-order valence-corrected chi connectivity index (χ4v) is 8.60. The Morgan fingerprint density at radius 2 is 0.800 bits per heavy atom. The van der Waals surface area contributed by atoms with Gasteiger partial charge in [0.05, 0.1) is 0 Å². The molecular weight excluding hydrogens is 663 g/mol. The van der Waals surface area contributed by atoms with E-state index in [0.717, 1.165) is 17.1 Å². The van der Waals surface area contributed by atoms with Gasteiger partial charge in [-0.3, -0.25) is 0 Å². The van der Waals surface area contributed by atoms with Crippen LogP contribution in [0, 0.1) is 0 Å². The normalized spacial score (nSPS) is 14.3. The Morgan fingerprint density at radius 3 is 1.40 bits per heavy atom. The minimum atomic E-state index is 0.145. The highest BCUT2D eigenvalue weighted by molar-refractivity contribution is 5.99. The first kappa shape index (κ1) is 34.6. The van der Waals surface area contributed by atoms with Crippen LogP contribution < -0.4 is 4.90 Å². The van der Waals surface area contributed by atoms with Gasteiger partial charge in [0.2, 0.25) is 0 Å². The molecule has 268 valence electrons. The average molecular weight is 710 g/mol. The van der Waals surface area contributed by atoms with Crippen molar-refractivity contribution in [3.05, 3.63) is 199 Å². The van der Waals surface area contributed by atoms with Crippen LogP contribution in [0.15, 0.2) is 188 Å². The van der Waals surface area contributed by atoms with Crippen molar-refractivity contribution in [1.82, 2.24) is 0 Å². The Labute approximate surface area is 326 Å². The molecule has 55 heavy (non-hydrogen) atoms. The minimum absolute atomic E-state index is 0.145. The topological polar surface area (TPSA) is 3.24 Å². The van der Waals surface area contributed by atoms with Crippen LogP contribution >= 0.6 is 0 Å². The number of hydrogen-bond acceptors (Lipinski definition) is 1. The second-order valence-electron chi connectivity index (χ2n) is 16.5. The summed E-state index contributed by atoms with van der Waals surface area (Å²) in [5.74, 6) is 0. The van der Waals surface area contributed by atoms with Crippen molar-refractivity contribution in [3.63, 3.8) is 0 Å². The zero-order valence-corrected chi connectivity index (χ0v) is 32.3. The number of hydrogen-bond donors (Lipinski definition) is 0. The molecule has 0 saturated carbocycles. The lowest BCUT2D eigenvalue weighted by molar-refractivity contribution is 0.332. The first-order chi connectivity index (χ1) is 26.7. The van der Waals surface area contributed by atoms with E-state index in [1.807, 2.05) is 0 Å². The van der Waals surface area contributed by atoms with E-state index in [9.17, 15) is 0 Å². The summed E-state index contributed by atoms with van der Waals surface area (Å²) in [5, 5.41) is 2.64. The van der Waals surface area contributed by atoms with Gasteiger partial charge in [-0.15, -0.1) is 0 Å². The first-order valence-electron chi connectivity index (χ1n) is 19.6. The molecule has 0 bridgehead atoms. The van der Waals surface area contributed by atoms with E-state index in [4.69, 9.17) is 0 Å². The molecular formula is C54H47N. The van der Waals surface area contributed by atoms with E-state index in [0.29, 0.717) is 0 Å². The molecule has 0 radical (unpaired) electrons. The highest BCUT2D eigenvalue weighted by atomic mass is 15.1. The molecule has 1 aliphatic rings. The Balaban J connectivity index is 1.14. The van der Waals surface area contributed by atoms with Gasteiger partial charge in [0.1, 0.15) is 0 Å². The van der Waals surface area contributed by atoms with E-state index in [2.05, 4.69) is 221 Å². The third-order valence-electron chi connectivity index (χ3n) is 11.9. The standard InChI is InChI=1S/C54H47N/c1-53(2)32-33-54(3,4)52-37-50-45(36-51(52)53)21-13-23-49(50)44-20-12-22-48(35-44)55(46-28-24-40(25-29-46)38-14-7-5-8-15-38)47-30-26-41(27-31-47)43-19-11-18-42(34-43)39-16-9-6-10-17-39/h5-31,34-37H,32-33H2,1-4H3. The molecule has 0 fully saturated rings. The molecule has 8 aromatic rings. The van der Waals surface area contributed by atoms with E-state index >= 15 is 0 Å². The summed E-state index contributed by atoms with van der Waals surface area (Å²) >= 11 is 0. The minimum Gasteiger partial charge on any atom is -0.310 e. The second kappa shape index (κ2) is 13.9. The first-order valence-corrected chi connectivity index (χ1v) is 19.6. The molecule has 1 nitrogen and oxygen atoms in total. The maximum Gasteiger partial charge on any atom is 0.0467 e. The van der Waals surface area contributed by atoms with Gasteiger partial charge in [-0.1, -0.05) is 167 Å². The van der Waals surface area contributed by atoms with Gasteiger partial charge in [0.25, 0.3) is 0 Å². The molecule has 0 spiro atoms. The number of fused-ring (bicyclic) bond motifs is 2. The summed E-state index contributed by atoms with van der Waals surface area (Å²) in [6.45, 7) is 9.66. The van der Waals surface area contributed by atoms with Gasteiger partial charge in [-0.25, -0.2) is 0 Å². The lowest BCUT2D eigenvalue weighted by Gasteiger charge is -2.42. The van der Waals surface area contributed by atoms with Crippen molar-refractivity contribution in [2.24, 2.45) is 0 Å². The Kier molecular flexibility index (Phi) is 8.74. The zero-order valence-electron chi connectivity index (χ0n) is 32.3. The van der Waals surface area contributed by atoms with Crippen molar-refractivity contribution >= 4 is 27.8 Å². The molecule has 1 aliphatic carbocycles. The van der Waals surface area contributed by atoms with Gasteiger partial charge in [0.15, 0.2) is 0 Å². The van der Waals surface area contributed by atoms with Crippen molar-refractivity contribution in [2.45, 2.75) is 51.4 Å². The maximum atomic E-state index is 2.51. The highest BCUT2D eigenvalue weighted by Crippen LogP contribution is 2.48. The molecule has 0 amide bonds. The largest absolute Gasteiger partial charge is 0.310 e. The van der Waals surface area contributed by atoms with Crippen molar-refractivity contribution in [1.29, 1.82) is 0 Å². The van der Waals surface area contributed by atoms with Gasteiger partial charge >= 0.3 is 0 Å². The molecule has 0 heterocycles. The Hall–Kier alpha value is -6.18. The number of anilines is 3. The zero-order chi connectivity index (χ0) is 37.6. The van der Waals surface area contributed by atoms with Gasteiger partial charge < -0.3 is 4.90 Å². The van der Waals surface area contributed by atoms with Crippen molar-refractivity contribution in [3.8, 4) is 44.5 Å². The van der Waals surface area contributed by atoms with Crippen LogP contribution in [-0.4, -0.2) is 0 Å². The fraction of sp³-hybridized carbons (Fsp3) is 0.148. The van der Waals surface area contributed by atoms with E-state index in [1.54, 1.807) is 0 Å². The molecule has 1 heteroatoms. The summed E-state index contributed by atoms with van der Waals surface area (Å²) in [7, 11) is 0. The predicted octanol–water partition coefficient (Wildman–Crippen LogP) is 15.3. The molecule has 0 aromatic heterocycles. The van der Waals surface area contributed by atoms with Gasteiger partial charge in [-0.2, -0.15) is 0 Å². The van der Waals surface area contributed by atoms with Crippen LogP contribution in [0.1, 0.15) is 51.7 Å². The van der Waals surface area contributed by atoms with Crippen LogP contribution in [0.5, 0.6) is 0 Å². The van der Waals surface area contributed by atoms with Crippen LogP contribution in [0.2, 0.25) is 0 Å². The van der Waals surface area contributed by atoms with Crippen LogP contribution in [0.25, 0.3) is 55.3 Å². The Bertz CT molecular complexity index is 2610. The van der Waals surface area contributed by atoms with Crippen LogP contribution in [-0.2, 0) is 10.8 Å². The van der Waals surface area contributed by atoms with Crippen molar-refractivity contribution < 1.29 is 0 Å². The molecule has 0 atom stereocenters. The number of nitrogens with zero attached hydrogens (tertiary/aromatic N) is 1. The summed E-state index contributed by atoms with van der Waals surface area (Å²) < 4.78 is 0. The molecule has 9 rings (SSSR count). The molecule has 0 saturated heterocycles. The molecule has 0 N–H and O–H groups in total. The maximum absolute atomic E-state index is 2.51. The number of rotatable bonds is 7. The molecule has 0 aliphatic heterocycles. The molecule has 8 aromatic carbocycles. The Morgan fingerprint density at radius 1 is 0.345 bits per heavy atom. The second-order valence-corrected chi connectivity index (χ2v) is 16.5. The fourth-order valence-electron chi connectivity index (χ4n) is 8.60. The average Bonchev–Trinajstić information content (AvgIpc) is 3.23. The lowest BCUT2D eigenvalue weighted by atomic mass is 9.62. The third kappa shape index (κ3) is 6.66. The van der Waals surface area contributed by atoms with Gasteiger partial charge in [-0.05, 0) is 139 Å². The summed E-state index contributed by atoms with van der Waals surface area (Å²) in [6, 6.07) is 69.0. The highest BCUT2D eigenvalue weighted by Gasteiger charge is 2.37. The van der Waals surface area contributed by atoms with Gasteiger partial charge in [0, 0.05) is 17.1 Å². The molecule has 0 unspecified atom stereocenters. The van der Waals surface area contributed by atoms with Crippen LogP contribution in [0.4, 0.5) is 17.1 Å². The van der Waals surface area contributed by atoms with Crippen LogP contribution in [0.3, 0.4) is 0 Å². The van der Waals surface area contributed by atoms with Crippen molar-refractivity contribution in [2.75, 3.05) is 4.90 Å². The van der Waals surface area contributed by atoms with E-state index in [1.165, 1.54) is 79.2 Å². The number of benzene rings is 8. The quantitative estimate of drug-likeness (QED) is 0.159. The van der Waals surface area contributed by atoms with E-state index < -0.39 is 0 Å². The SMILES string of the molecule is CC1(C)CCC(C)(C)c2cc3c(-c4cccc(N(c5ccc(-c6ccccc6)cc5)c5ccc(-c6cccc(-c7ccccc7)c6)cc5)c4)cccc3cc21. The summed E-state index contributed by atoms with van der Waals surface area (Å²) in [6.07, 6.45) is 2.41. The smallest absolute Gasteiger partial charge is 0.0467 e.